The van der Waals surface area contributed by atoms with E-state index in [0.717, 1.165) is 38.7 Å². The highest BCUT2D eigenvalue weighted by Gasteiger charge is 2.17. The van der Waals surface area contributed by atoms with Crippen molar-refractivity contribution in [1.82, 2.24) is 14.5 Å². The molecule has 0 radical (unpaired) electrons. The summed E-state index contributed by atoms with van der Waals surface area (Å²) in [6.45, 7) is 2.25. The number of carbonyl (C=O) groups is 1. The molecule has 0 atom stereocenters. The van der Waals surface area contributed by atoms with Gasteiger partial charge in [-0.3, -0.25) is 4.79 Å². The van der Waals surface area contributed by atoms with Crippen LogP contribution in [0, 0.1) is 6.92 Å². The van der Waals surface area contributed by atoms with Crippen molar-refractivity contribution < 1.29 is 4.79 Å². The molecule has 0 N–H and O–H groups in total. The maximum atomic E-state index is 12.9. The number of carbonyl (C=O) groups excluding carboxylic acids is 1. The van der Waals surface area contributed by atoms with E-state index in [4.69, 9.17) is 9.97 Å². The number of fused-ring (bicyclic) bond motifs is 4. The van der Waals surface area contributed by atoms with Crippen LogP contribution in [0.25, 0.3) is 33.1 Å². The zero-order chi connectivity index (χ0) is 18.4. The first-order valence-electron chi connectivity index (χ1n) is 8.94. The number of para-hydroxylation sites is 3. The number of benzene rings is 3. The highest BCUT2D eigenvalue weighted by molar-refractivity contribution is 6.08. The second kappa shape index (κ2) is 6.02. The molecule has 4 heteroatoms. The van der Waals surface area contributed by atoms with Gasteiger partial charge in [-0.05, 0) is 25.1 Å². The molecular formula is C23H17N3O. The van der Waals surface area contributed by atoms with Crippen LogP contribution in [-0.2, 0) is 6.54 Å². The van der Waals surface area contributed by atoms with Crippen molar-refractivity contribution in [3.05, 3.63) is 83.9 Å². The molecule has 0 fully saturated rings. The molecule has 0 aliphatic carbocycles. The fourth-order valence-electron chi connectivity index (χ4n) is 3.52. The molecule has 0 bridgehead atoms. The number of aryl methyl sites for hydroxylation is 1. The van der Waals surface area contributed by atoms with Crippen LogP contribution in [0.15, 0.2) is 72.8 Å². The Labute approximate surface area is 156 Å². The van der Waals surface area contributed by atoms with Gasteiger partial charge >= 0.3 is 0 Å². The molecule has 0 unspecified atom stereocenters. The lowest BCUT2D eigenvalue weighted by Gasteiger charge is -2.07. The Balaban J connectivity index is 1.72. The van der Waals surface area contributed by atoms with Gasteiger partial charge in [-0.25, -0.2) is 9.97 Å². The van der Waals surface area contributed by atoms with Crippen molar-refractivity contribution in [2.45, 2.75) is 13.5 Å². The van der Waals surface area contributed by atoms with Crippen molar-refractivity contribution in [3.63, 3.8) is 0 Å². The summed E-state index contributed by atoms with van der Waals surface area (Å²) in [6.07, 6.45) is 0. The number of hydrogen-bond acceptors (Lipinski definition) is 3. The molecule has 0 spiro atoms. The summed E-state index contributed by atoms with van der Waals surface area (Å²) in [5.41, 5.74) is 6.09. The van der Waals surface area contributed by atoms with Crippen LogP contribution in [0.5, 0.6) is 0 Å². The maximum absolute atomic E-state index is 12.9. The number of Topliss-reactive ketones (excluding diaryl/α,β-unsaturated/α-hetero) is 1. The third-order valence-corrected chi connectivity index (χ3v) is 4.93. The van der Waals surface area contributed by atoms with Crippen LogP contribution in [0.4, 0.5) is 0 Å². The van der Waals surface area contributed by atoms with Gasteiger partial charge in [0.2, 0.25) is 0 Å². The summed E-state index contributed by atoms with van der Waals surface area (Å²) in [5.74, 6) is 0.0626. The SMILES string of the molecule is Cc1ccc(C(=O)Cn2c3ccccc3c3nc4ccccc4nc32)cc1. The molecule has 130 valence electrons. The van der Waals surface area contributed by atoms with Gasteiger partial charge in [-0.2, -0.15) is 0 Å². The summed E-state index contributed by atoms with van der Waals surface area (Å²) in [4.78, 5) is 22.6. The normalized spacial score (nSPS) is 11.4. The van der Waals surface area contributed by atoms with Gasteiger partial charge in [0.1, 0.15) is 5.52 Å². The zero-order valence-electron chi connectivity index (χ0n) is 14.9. The van der Waals surface area contributed by atoms with E-state index in [1.165, 1.54) is 0 Å². The van der Waals surface area contributed by atoms with Gasteiger partial charge in [0, 0.05) is 10.9 Å². The van der Waals surface area contributed by atoms with E-state index >= 15 is 0 Å². The zero-order valence-corrected chi connectivity index (χ0v) is 14.9. The van der Waals surface area contributed by atoms with E-state index in [9.17, 15) is 4.79 Å². The summed E-state index contributed by atoms with van der Waals surface area (Å²) in [5, 5.41) is 1.02. The van der Waals surface area contributed by atoms with Crippen LogP contribution in [-0.4, -0.2) is 20.3 Å². The lowest BCUT2D eigenvalue weighted by molar-refractivity contribution is 0.0974. The quantitative estimate of drug-likeness (QED) is 0.433. The first-order chi connectivity index (χ1) is 13.2. The fourth-order valence-corrected chi connectivity index (χ4v) is 3.52. The Hall–Kier alpha value is -3.53. The Kier molecular flexibility index (Phi) is 3.50. The molecule has 0 aliphatic rings. The van der Waals surface area contributed by atoms with Gasteiger partial charge < -0.3 is 4.57 Å². The van der Waals surface area contributed by atoms with Gasteiger partial charge in [0.25, 0.3) is 0 Å². The van der Waals surface area contributed by atoms with Gasteiger partial charge in [-0.15, -0.1) is 0 Å². The third kappa shape index (κ3) is 2.57. The topological polar surface area (TPSA) is 47.8 Å². The highest BCUT2D eigenvalue weighted by atomic mass is 16.1. The predicted molar refractivity (Wildman–Crippen MR) is 108 cm³/mol. The molecule has 0 amide bonds. The smallest absolute Gasteiger partial charge is 0.182 e. The molecule has 5 aromatic rings. The Morgan fingerprint density at radius 3 is 2.30 bits per heavy atom. The number of rotatable bonds is 3. The van der Waals surface area contributed by atoms with Gasteiger partial charge in [0.15, 0.2) is 11.4 Å². The molecule has 2 aromatic heterocycles. The van der Waals surface area contributed by atoms with E-state index < -0.39 is 0 Å². The van der Waals surface area contributed by atoms with Crippen molar-refractivity contribution in [1.29, 1.82) is 0 Å². The number of aromatic nitrogens is 3. The van der Waals surface area contributed by atoms with Crippen LogP contribution < -0.4 is 0 Å². The number of ketones is 1. The van der Waals surface area contributed by atoms with Crippen molar-refractivity contribution in [3.8, 4) is 0 Å². The van der Waals surface area contributed by atoms with E-state index in [0.29, 0.717) is 5.56 Å². The van der Waals surface area contributed by atoms with Crippen molar-refractivity contribution >= 4 is 38.9 Å². The molecule has 3 aromatic carbocycles. The van der Waals surface area contributed by atoms with Gasteiger partial charge in [0.05, 0.1) is 23.1 Å². The van der Waals surface area contributed by atoms with E-state index in [1.807, 2.05) is 84.3 Å². The van der Waals surface area contributed by atoms with Gasteiger partial charge in [-0.1, -0.05) is 60.2 Å². The van der Waals surface area contributed by atoms with E-state index in [2.05, 4.69) is 0 Å². The average molecular weight is 351 g/mol. The largest absolute Gasteiger partial charge is 0.316 e. The Morgan fingerprint density at radius 1 is 0.852 bits per heavy atom. The predicted octanol–water partition coefficient (Wildman–Crippen LogP) is 4.93. The lowest BCUT2D eigenvalue weighted by Crippen LogP contribution is -2.11. The summed E-state index contributed by atoms with van der Waals surface area (Å²) in [6, 6.07) is 23.5. The van der Waals surface area contributed by atoms with Crippen LogP contribution in [0.1, 0.15) is 15.9 Å². The van der Waals surface area contributed by atoms with Crippen molar-refractivity contribution in [2.75, 3.05) is 0 Å². The standard InChI is InChI=1S/C23H17N3O/c1-15-10-12-16(13-11-15)21(27)14-26-20-9-5-2-6-17(20)22-23(26)25-19-8-4-3-7-18(19)24-22/h2-13H,14H2,1H3. The molecule has 0 saturated carbocycles. The molecule has 4 nitrogen and oxygen atoms in total. The van der Waals surface area contributed by atoms with Crippen LogP contribution in [0.2, 0.25) is 0 Å². The third-order valence-electron chi connectivity index (χ3n) is 4.93. The minimum atomic E-state index is 0.0626. The molecule has 5 rings (SSSR count). The van der Waals surface area contributed by atoms with E-state index in [1.54, 1.807) is 0 Å². The number of hydrogen-bond donors (Lipinski definition) is 0. The first kappa shape index (κ1) is 15.7. The second-order valence-corrected chi connectivity index (χ2v) is 6.78. The second-order valence-electron chi connectivity index (χ2n) is 6.78. The lowest BCUT2D eigenvalue weighted by atomic mass is 10.1. The first-order valence-corrected chi connectivity index (χ1v) is 8.94. The summed E-state index contributed by atoms with van der Waals surface area (Å²) >= 11 is 0. The minimum absolute atomic E-state index is 0.0626. The monoisotopic (exact) mass is 351 g/mol. The summed E-state index contributed by atoms with van der Waals surface area (Å²) in [7, 11) is 0. The molecule has 27 heavy (non-hydrogen) atoms. The Bertz CT molecular complexity index is 1320. The minimum Gasteiger partial charge on any atom is -0.316 e. The van der Waals surface area contributed by atoms with Crippen LogP contribution in [0.3, 0.4) is 0 Å². The Morgan fingerprint density at radius 2 is 1.52 bits per heavy atom. The summed E-state index contributed by atoms with van der Waals surface area (Å²) < 4.78 is 1.98. The van der Waals surface area contributed by atoms with Crippen molar-refractivity contribution in [2.24, 2.45) is 0 Å². The molecule has 0 aliphatic heterocycles. The maximum Gasteiger partial charge on any atom is 0.182 e. The molecule has 0 saturated heterocycles. The number of nitrogens with zero attached hydrogens (tertiary/aromatic N) is 3. The van der Waals surface area contributed by atoms with E-state index in [-0.39, 0.29) is 12.3 Å². The fraction of sp³-hybridized carbons (Fsp3) is 0.0870. The average Bonchev–Trinajstić information content (AvgIpc) is 3.00. The molecular weight excluding hydrogens is 334 g/mol. The highest BCUT2D eigenvalue weighted by Crippen LogP contribution is 2.28. The molecule has 2 heterocycles. The van der Waals surface area contributed by atoms with Crippen LogP contribution >= 0.6 is 0 Å².